The van der Waals surface area contributed by atoms with Crippen LogP contribution in [0.25, 0.3) is 0 Å². The Hall–Kier alpha value is -2.73. The van der Waals surface area contributed by atoms with Crippen LogP contribution in [-0.2, 0) is 11.3 Å². The van der Waals surface area contributed by atoms with Gasteiger partial charge in [0.15, 0.2) is 0 Å². The molecule has 0 aliphatic carbocycles. The van der Waals surface area contributed by atoms with Gasteiger partial charge < -0.3 is 24.6 Å². The molecule has 6 nitrogen and oxygen atoms in total. The van der Waals surface area contributed by atoms with Gasteiger partial charge in [0, 0.05) is 55.9 Å². The minimum Gasteiger partial charge on any atom is -0.493 e. The third kappa shape index (κ3) is 4.10. The fourth-order valence-corrected chi connectivity index (χ4v) is 4.78. The molecular formula is C24H29N3O3. The minimum atomic E-state index is -0.244. The van der Waals surface area contributed by atoms with E-state index in [-0.39, 0.29) is 6.09 Å². The minimum absolute atomic E-state index is 0.244. The van der Waals surface area contributed by atoms with Crippen molar-refractivity contribution in [2.75, 3.05) is 37.7 Å². The van der Waals surface area contributed by atoms with Crippen LogP contribution in [0.5, 0.6) is 5.75 Å². The molecule has 0 saturated carbocycles. The smallest absolute Gasteiger partial charge is 0.410 e. The number of hydrogen-bond acceptors (Lipinski definition) is 5. The Morgan fingerprint density at radius 2 is 1.77 bits per heavy atom. The SMILES string of the molecule is O=C(OCc1ccccc1)N1CC(COc2cccc(N3[C@@H]4CC[C@H]3CNC4)c2)C1. The fourth-order valence-electron chi connectivity index (χ4n) is 4.78. The van der Waals surface area contributed by atoms with Crippen LogP contribution in [0.4, 0.5) is 10.5 Å². The number of ether oxygens (including phenoxy) is 2. The summed E-state index contributed by atoms with van der Waals surface area (Å²) in [5, 5.41) is 3.53. The molecule has 0 aromatic heterocycles. The zero-order valence-electron chi connectivity index (χ0n) is 17.2. The maximum absolute atomic E-state index is 12.2. The first-order chi connectivity index (χ1) is 14.8. The van der Waals surface area contributed by atoms with Gasteiger partial charge in [-0.25, -0.2) is 4.79 Å². The van der Waals surface area contributed by atoms with Crippen LogP contribution in [0, 0.1) is 5.92 Å². The van der Waals surface area contributed by atoms with E-state index in [1.165, 1.54) is 18.5 Å². The number of likely N-dealkylation sites (tertiary alicyclic amines) is 1. The van der Waals surface area contributed by atoms with E-state index >= 15 is 0 Å². The van der Waals surface area contributed by atoms with E-state index in [1.54, 1.807) is 4.90 Å². The molecule has 0 radical (unpaired) electrons. The van der Waals surface area contributed by atoms with E-state index < -0.39 is 0 Å². The Bertz CT molecular complexity index is 853. The van der Waals surface area contributed by atoms with Gasteiger partial charge in [0.1, 0.15) is 12.4 Å². The molecule has 5 rings (SSSR count). The Kier molecular flexibility index (Phi) is 5.49. The molecule has 2 atom stereocenters. The van der Waals surface area contributed by atoms with Crippen molar-refractivity contribution in [2.24, 2.45) is 5.92 Å². The van der Waals surface area contributed by atoms with Crippen molar-refractivity contribution in [2.45, 2.75) is 31.5 Å². The topological polar surface area (TPSA) is 54.0 Å². The summed E-state index contributed by atoms with van der Waals surface area (Å²) < 4.78 is 11.5. The highest BCUT2D eigenvalue weighted by molar-refractivity contribution is 5.68. The number of carbonyl (C=O) groups is 1. The van der Waals surface area contributed by atoms with Gasteiger partial charge in [-0.05, 0) is 30.5 Å². The van der Waals surface area contributed by atoms with Crippen molar-refractivity contribution < 1.29 is 14.3 Å². The molecule has 1 amide bonds. The second-order valence-corrected chi connectivity index (χ2v) is 8.57. The maximum Gasteiger partial charge on any atom is 0.410 e. The lowest BCUT2D eigenvalue weighted by Gasteiger charge is -2.38. The molecule has 3 aliphatic heterocycles. The second kappa shape index (κ2) is 8.56. The van der Waals surface area contributed by atoms with Crippen molar-refractivity contribution in [3.63, 3.8) is 0 Å². The van der Waals surface area contributed by atoms with Crippen molar-refractivity contribution in [1.82, 2.24) is 10.2 Å². The van der Waals surface area contributed by atoms with Crippen LogP contribution in [-0.4, -0.2) is 55.9 Å². The molecule has 1 N–H and O–H groups in total. The van der Waals surface area contributed by atoms with E-state index in [4.69, 9.17) is 9.47 Å². The van der Waals surface area contributed by atoms with Gasteiger partial charge in [-0.3, -0.25) is 0 Å². The van der Waals surface area contributed by atoms with Crippen LogP contribution >= 0.6 is 0 Å². The molecule has 158 valence electrons. The van der Waals surface area contributed by atoms with Gasteiger partial charge >= 0.3 is 6.09 Å². The van der Waals surface area contributed by atoms with Crippen LogP contribution in [0.3, 0.4) is 0 Å². The fraction of sp³-hybridized carbons (Fsp3) is 0.458. The number of hydrogen-bond donors (Lipinski definition) is 1. The molecule has 3 fully saturated rings. The molecule has 0 spiro atoms. The summed E-state index contributed by atoms with van der Waals surface area (Å²) in [6, 6.07) is 19.4. The van der Waals surface area contributed by atoms with Gasteiger partial charge in [0.05, 0.1) is 6.61 Å². The van der Waals surface area contributed by atoms with Crippen LogP contribution in [0.1, 0.15) is 18.4 Å². The lowest BCUT2D eigenvalue weighted by atomic mass is 10.0. The molecular weight excluding hydrogens is 378 g/mol. The van der Waals surface area contributed by atoms with E-state index in [0.717, 1.165) is 24.4 Å². The average molecular weight is 408 g/mol. The van der Waals surface area contributed by atoms with Gasteiger partial charge in [-0.1, -0.05) is 36.4 Å². The van der Waals surface area contributed by atoms with Gasteiger partial charge in [-0.15, -0.1) is 0 Å². The first-order valence-electron chi connectivity index (χ1n) is 10.9. The highest BCUT2D eigenvalue weighted by Crippen LogP contribution is 2.34. The molecule has 3 saturated heterocycles. The normalized spacial score (nSPS) is 23.2. The van der Waals surface area contributed by atoms with E-state index in [9.17, 15) is 4.79 Å². The lowest BCUT2D eigenvalue weighted by Crippen LogP contribution is -2.52. The Morgan fingerprint density at radius 3 is 2.53 bits per heavy atom. The Balaban J connectivity index is 1.08. The molecule has 30 heavy (non-hydrogen) atoms. The molecule has 2 aromatic rings. The molecule has 2 aromatic carbocycles. The van der Waals surface area contributed by atoms with Gasteiger partial charge in [0.25, 0.3) is 0 Å². The monoisotopic (exact) mass is 407 g/mol. The van der Waals surface area contributed by atoms with Gasteiger partial charge in [-0.2, -0.15) is 0 Å². The predicted octanol–water partition coefficient (Wildman–Crippen LogP) is 3.27. The summed E-state index contributed by atoms with van der Waals surface area (Å²) in [5.41, 5.74) is 2.27. The number of rotatable bonds is 6. The lowest BCUT2D eigenvalue weighted by molar-refractivity contribution is 0.0343. The number of piperazine rings is 1. The first-order valence-corrected chi connectivity index (χ1v) is 10.9. The summed E-state index contributed by atoms with van der Waals surface area (Å²) in [5.74, 6) is 1.27. The number of fused-ring (bicyclic) bond motifs is 2. The first kappa shape index (κ1) is 19.2. The number of nitrogens with one attached hydrogen (secondary N) is 1. The standard InChI is InChI=1S/C24H29N3O3/c28-24(30-16-18-5-2-1-3-6-18)26-14-19(15-26)17-29-23-8-4-7-20(11-23)27-21-9-10-22(27)13-25-12-21/h1-8,11,19,21-22,25H,9-10,12-17H2/t21-,22+. The molecule has 0 unspecified atom stereocenters. The average Bonchev–Trinajstić information content (AvgIpc) is 3.00. The predicted molar refractivity (Wildman–Crippen MR) is 116 cm³/mol. The number of benzene rings is 2. The third-order valence-electron chi connectivity index (χ3n) is 6.40. The van der Waals surface area contributed by atoms with Crippen LogP contribution in [0.2, 0.25) is 0 Å². The summed E-state index contributed by atoms with van der Waals surface area (Å²) in [4.78, 5) is 16.5. The van der Waals surface area contributed by atoms with Gasteiger partial charge in [0.2, 0.25) is 0 Å². The number of anilines is 1. The Labute approximate surface area is 177 Å². The third-order valence-corrected chi connectivity index (χ3v) is 6.40. The Morgan fingerprint density at radius 1 is 1.00 bits per heavy atom. The highest BCUT2D eigenvalue weighted by Gasteiger charge is 2.36. The van der Waals surface area contributed by atoms with E-state index in [2.05, 4.69) is 28.4 Å². The summed E-state index contributed by atoms with van der Waals surface area (Å²) in [6.45, 7) is 4.46. The van der Waals surface area contributed by atoms with E-state index in [0.29, 0.717) is 44.3 Å². The summed E-state index contributed by atoms with van der Waals surface area (Å²) in [6.07, 6.45) is 2.29. The second-order valence-electron chi connectivity index (χ2n) is 8.57. The van der Waals surface area contributed by atoms with E-state index in [1.807, 2.05) is 36.4 Å². The zero-order chi connectivity index (χ0) is 20.3. The van der Waals surface area contributed by atoms with Crippen LogP contribution < -0.4 is 15.0 Å². The maximum atomic E-state index is 12.2. The number of carbonyl (C=O) groups excluding carboxylic acids is 1. The summed E-state index contributed by atoms with van der Waals surface area (Å²) >= 11 is 0. The largest absolute Gasteiger partial charge is 0.493 e. The molecule has 3 heterocycles. The highest BCUT2D eigenvalue weighted by atomic mass is 16.6. The number of nitrogens with zero attached hydrogens (tertiary/aromatic N) is 2. The molecule has 6 heteroatoms. The molecule has 2 bridgehead atoms. The van der Waals surface area contributed by atoms with Crippen molar-refractivity contribution in [3.05, 3.63) is 60.2 Å². The summed E-state index contributed by atoms with van der Waals surface area (Å²) in [7, 11) is 0. The van der Waals surface area contributed by atoms with Crippen molar-refractivity contribution in [1.29, 1.82) is 0 Å². The quantitative estimate of drug-likeness (QED) is 0.797. The van der Waals surface area contributed by atoms with Crippen molar-refractivity contribution >= 4 is 11.8 Å². The number of amides is 1. The zero-order valence-corrected chi connectivity index (χ0v) is 17.2. The van der Waals surface area contributed by atoms with Crippen molar-refractivity contribution in [3.8, 4) is 5.75 Å². The van der Waals surface area contributed by atoms with Crippen LogP contribution in [0.15, 0.2) is 54.6 Å². The molecule has 3 aliphatic rings.